The van der Waals surface area contributed by atoms with E-state index in [1.54, 1.807) is 12.1 Å². The molecule has 0 fully saturated rings. The van der Waals surface area contributed by atoms with Crippen LogP contribution in [-0.2, 0) is 6.61 Å². The van der Waals surface area contributed by atoms with Crippen molar-refractivity contribution in [3.05, 3.63) is 59.2 Å². The van der Waals surface area contributed by atoms with E-state index in [2.05, 4.69) is 0 Å². The van der Waals surface area contributed by atoms with E-state index in [0.29, 0.717) is 11.3 Å². The molecule has 2 rings (SSSR count). The maximum Gasteiger partial charge on any atom is 0.163 e. The summed E-state index contributed by atoms with van der Waals surface area (Å²) in [4.78, 5) is 11.5. The van der Waals surface area contributed by atoms with Crippen LogP contribution in [0.3, 0.4) is 0 Å². The lowest BCUT2D eigenvalue weighted by atomic mass is 10.1. The Labute approximate surface area is 121 Å². The standard InChI is InChI=1S/C16H14F2O3/c1-10(19)12-7-6-11(20-2)8-16(12)21-9-13-14(17)4-3-5-15(13)18/h3-8H,9H2,1-2H3. The smallest absolute Gasteiger partial charge is 0.163 e. The van der Waals surface area contributed by atoms with Gasteiger partial charge in [-0.15, -0.1) is 0 Å². The van der Waals surface area contributed by atoms with Crippen LogP contribution in [0.15, 0.2) is 36.4 Å². The van der Waals surface area contributed by atoms with Crippen molar-refractivity contribution in [3.63, 3.8) is 0 Å². The number of benzene rings is 2. The molecule has 21 heavy (non-hydrogen) atoms. The number of hydrogen-bond acceptors (Lipinski definition) is 3. The van der Waals surface area contributed by atoms with Crippen molar-refractivity contribution >= 4 is 5.78 Å². The fourth-order valence-corrected chi connectivity index (χ4v) is 1.86. The Morgan fingerprint density at radius 2 is 1.81 bits per heavy atom. The van der Waals surface area contributed by atoms with Gasteiger partial charge in [-0.05, 0) is 31.2 Å². The van der Waals surface area contributed by atoms with Crippen molar-refractivity contribution in [1.29, 1.82) is 0 Å². The van der Waals surface area contributed by atoms with Gasteiger partial charge in [-0.1, -0.05) is 6.07 Å². The predicted molar refractivity (Wildman–Crippen MR) is 73.7 cm³/mol. The largest absolute Gasteiger partial charge is 0.497 e. The number of carbonyl (C=O) groups is 1. The SMILES string of the molecule is COc1ccc(C(C)=O)c(OCc2c(F)cccc2F)c1. The van der Waals surface area contributed by atoms with Gasteiger partial charge in [0, 0.05) is 6.07 Å². The first-order valence-electron chi connectivity index (χ1n) is 6.27. The fourth-order valence-electron chi connectivity index (χ4n) is 1.86. The topological polar surface area (TPSA) is 35.5 Å². The van der Waals surface area contributed by atoms with Crippen LogP contribution in [0, 0.1) is 11.6 Å². The summed E-state index contributed by atoms with van der Waals surface area (Å²) in [5.74, 6) is -0.875. The van der Waals surface area contributed by atoms with Gasteiger partial charge in [0.25, 0.3) is 0 Å². The van der Waals surface area contributed by atoms with Gasteiger partial charge < -0.3 is 9.47 Å². The molecule has 5 heteroatoms. The number of rotatable bonds is 5. The lowest BCUT2D eigenvalue weighted by molar-refractivity contribution is 0.101. The highest BCUT2D eigenvalue weighted by molar-refractivity contribution is 5.97. The molecule has 0 unspecified atom stereocenters. The van der Waals surface area contributed by atoms with Gasteiger partial charge in [0.1, 0.15) is 29.7 Å². The average molecular weight is 292 g/mol. The lowest BCUT2D eigenvalue weighted by Crippen LogP contribution is -2.05. The van der Waals surface area contributed by atoms with Crippen LogP contribution in [0.2, 0.25) is 0 Å². The summed E-state index contributed by atoms with van der Waals surface area (Å²) in [6.07, 6.45) is 0. The number of carbonyl (C=O) groups excluding carboxylic acids is 1. The molecule has 0 bridgehead atoms. The molecule has 0 saturated heterocycles. The first kappa shape index (κ1) is 15.0. The summed E-state index contributed by atoms with van der Waals surface area (Å²) in [6, 6.07) is 8.26. The van der Waals surface area contributed by atoms with Crippen molar-refractivity contribution < 1.29 is 23.0 Å². The molecule has 110 valence electrons. The molecule has 0 aliphatic rings. The number of hydrogen-bond donors (Lipinski definition) is 0. The second-order valence-electron chi connectivity index (χ2n) is 4.41. The van der Waals surface area contributed by atoms with Gasteiger partial charge in [0.15, 0.2) is 5.78 Å². The van der Waals surface area contributed by atoms with Crippen molar-refractivity contribution in [3.8, 4) is 11.5 Å². The number of methoxy groups -OCH3 is 1. The summed E-state index contributed by atoms with van der Waals surface area (Å²) >= 11 is 0. The molecule has 0 saturated carbocycles. The zero-order chi connectivity index (χ0) is 15.4. The Morgan fingerprint density at radius 1 is 1.14 bits per heavy atom. The molecule has 0 N–H and O–H groups in total. The Bertz CT molecular complexity index is 648. The molecule has 0 radical (unpaired) electrons. The van der Waals surface area contributed by atoms with E-state index in [4.69, 9.17) is 9.47 Å². The molecule has 3 nitrogen and oxygen atoms in total. The minimum atomic E-state index is -0.692. The summed E-state index contributed by atoms with van der Waals surface area (Å²) in [7, 11) is 1.48. The molecular formula is C16H14F2O3. The van der Waals surface area contributed by atoms with Gasteiger partial charge in [0.2, 0.25) is 0 Å². The monoisotopic (exact) mass is 292 g/mol. The van der Waals surface area contributed by atoms with Crippen molar-refractivity contribution in [2.75, 3.05) is 7.11 Å². The molecule has 2 aromatic carbocycles. The van der Waals surface area contributed by atoms with Crippen molar-refractivity contribution in [2.45, 2.75) is 13.5 Å². The van der Waals surface area contributed by atoms with Crippen LogP contribution in [-0.4, -0.2) is 12.9 Å². The van der Waals surface area contributed by atoms with E-state index in [9.17, 15) is 13.6 Å². The first-order chi connectivity index (χ1) is 10.0. The third-order valence-corrected chi connectivity index (χ3v) is 3.00. The van der Waals surface area contributed by atoms with Crippen LogP contribution in [0.5, 0.6) is 11.5 Å². The van der Waals surface area contributed by atoms with Gasteiger partial charge in [-0.3, -0.25) is 4.79 Å². The summed E-state index contributed by atoms with van der Waals surface area (Å²) in [6.45, 7) is 1.07. The highest BCUT2D eigenvalue weighted by Gasteiger charge is 2.13. The van der Waals surface area contributed by atoms with Gasteiger partial charge in [-0.25, -0.2) is 8.78 Å². The third-order valence-electron chi connectivity index (χ3n) is 3.00. The maximum atomic E-state index is 13.5. The van der Waals surface area contributed by atoms with E-state index < -0.39 is 11.6 Å². The Kier molecular flexibility index (Phi) is 4.52. The van der Waals surface area contributed by atoms with Crippen molar-refractivity contribution in [1.82, 2.24) is 0 Å². The Balaban J connectivity index is 2.28. The van der Waals surface area contributed by atoms with E-state index in [-0.39, 0.29) is 23.7 Å². The van der Waals surface area contributed by atoms with E-state index in [1.165, 1.54) is 26.2 Å². The zero-order valence-corrected chi connectivity index (χ0v) is 11.7. The molecule has 2 aromatic rings. The lowest BCUT2D eigenvalue weighted by Gasteiger charge is -2.12. The summed E-state index contributed by atoms with van der Waals surface area (Å²) in [5, 5.41) is 0. The molecule has 0 heterocycles. The molecule has 0 amide bonds. The van der Waals surface area contributed by atoms with Crippen LogP contribution in [0.4, 0.5) is 8.78 Å². The van der Waals surface area contributed by atoms with Gasteiger partial charge >= 0.3 is 0 Å². The van der Waals surface area contributed by atoms with Crippen molar-refractivity contribution in [2.24, 2.45) is 0 Å². The van der Waals surface area contributed by atoms with Crippen LogP contribution >= 0.6 is 0 Å². The average Bonchev–Trinajstić information content (AvgIpc) is 2.46. The molecule has 0 aliphatic carbocycles. The molecule has 0 aliphatic heterocycles. The second-order valence-corrected chi connectivity index (χ2v) is 4.41. The second kappa shape index (κ2) is 6.35. The Morgan fingerprint density at radius 3 is 2.38 bits per heavy atom. The minimum Gasteiger partial charge on any atom is -0.497 e. The fraction of sp³-hybridized carbons (Fsp3) is 0.188. The van der Waals surface area contributed by atoms with E-state index in [0.717, 1.165) is 12.1 Å². The number of Topliss-reactive ketones (excluding diaryl/α,β-unsaturated/α-hetero) is 1. The number of ether oxygens (including phenoxy) is 2. The molecule has 0 atom stereocenters. The van der Waals surface area contributed by atoms with Gasteiger partial charge in [0.05, 0.1) is 18.2 Å². The van der Waals surface area contributed by atoms with Gasteiger partial charge in [-0.2, -0.15) is 0 Å². The first-order valence-corrected chi connectivity index (χ1v) is 6.27. The summed E-state index contributed by atoms with van der Waals surface area (Å²) in [5.41, 5.74) is 0.141. The molecule has 0 spiro atoms. The zero-order valence-electron chi connectivity index (χ0n) is 11.7. The Hall–Kier alpha value is -2.43. The molecule has 0 aromatic heterocycles. The van der Waals surface area contributed by atoms with Crippen LogP contribution < -0.4 is 9.47 Å². The van der Waals surface area contributed by atoms with Crippen LogP contribution in [0.1, 0.15) is 22.8 Å². The molecular weight excluding hydrogens is 278 g/mol. The quantitative estimate of drug-likeness (QED) is 0.787. The predicted octanol–water partition coefficient (Wildman–Crippen LogP) is 3.76. The maximum absolute atomic E-state index is 13.5. The summed E-state index contributed by atoms with van der Waals surface area (Å²) < 4.78 is 37.5. The highest BCUT2D eigenvalue weighted by atomic mass is 19.1. The minimum absolute atomic E-state index is 0.185. The number of halogens is 2. The number of ketones is 1. The van der Waals surface area contributed by atoms with E-state index in [1.807, 2.05) is 0 Å². The van der Waals surface area contributed by atoms with E-state index >= 15 is 0 Å². The highest BCUT2D eigenvalue weighted by Crippen LogP contribution is 2.26. The third kappa shape index (κ3) is 3.37. The normalized spacial score (nSPS) is 10.3. The van der Waals surface area contributed by atoms with Crippen LogP contribution in [0.25, 0.3) is 0 Å².